The third kappa shape index (κ3) is 1.75. The second-order valence-electron chi connectivity index (χ2n) is 5.93. The number of hydrogen-bond donors (Lipinski definition) is 2. The van der Waals surface area contributed by atoms with E-state index in [1.807, 2.05) is 13.0 Å². The van der Waals surface area contributed by atoms with Gasteiger partial charge in [-0.25, -0.2) is 0 Å². The van der Waals surface area contributed by atoms with Crippen LogP contribution in [0.25, 0.3) is 0 Å². The molecule has 0 amide bonds. The van der Waals surface area contributed by atoms with Crippen LogP contribution in [0.1, 0.15) is 44.2 Å². The van der Waals surface area contributed by atoms with Gasteiger partial charge < -0.3 is 10.2 Å². The summed E-state index contributed by atoms with van der Waals surface area (Å²) >= 11 is 0. The number of rotatable bonds is 2. The molecule has 1 aliphatic rings. The number of hydrogen-bond acceptors (Lipinski definition) is 2. The molecule has 0 spiro atoms. The van der Waals surface area contributed by atoms with E-state index in [1.54, 1.807) is 6.07 Å². The second-order valence-corrected chi connectivity index (χ2v) is 5.93. The van der Waals surface area contributed by atoms with Crippen molar-refractivity contribution in [3.8, 4) is 5.75 Å². The predicted octanol–water partition coefficient (Wildman–Crippen LogP) is 3.14. The lowest BCUT2D eigenvalue weighted by molar-refractivity contribution is 0.0848. The van der Waals surface area contributed by atoms with Crippen LogP contribution < -0.4 is 0 Å². The van der Waals surface area contributed by atoms with E-state index in [0.717, 1.165) is 30.4 Å². The summed E-state index contributed by atoms with van der Waals surface area (Å²) in [7, 11) is 0. The van der Waals surface area contributed by atoms with Gasteiger partial charge in [0.2, 0.25) is 0 Å². The fourth-order valence-electron chi connectivity index (χ4n) is 3.21. The number of aromatic hydroxyl groups is 1. The smallest absolute Gasteiger partial charge is 0.119 e. The van der Waals surface area contributed by atoms with Gasteiger partial charge in [0.25, 0.3) is 0 Å². The van der Waals surface area contributed by atoms with Crippen LogP contribution in [0.4, 0.5) is 0 Å². The maximum Gasteiger partial charge on any atom is 0.119 e. The van der Waals surface area contributed by atoms with Gasteiger partial charge in [-0.1, -0.05) is 38.0 Å². The fraction of sp³-hybridized carbons (Fsp3) is 0.600. The Morgan fingerprint density at radius 3 is 2.59 bits per heavy atom. The molecule has 2 N–H and O–H groups in total. The summed E-state index contributed by atoms with van der Waals surface area (Å²) in [6, 6.07) is 5.76. The van der Waals surface area contributed by atoms with E-state index in [0.29, 0.717) is 5.75 Å². The van der Waals surface area contributed by atoms with Gasteiger partial charge in [0.1, 0.15) is 5.75 Å². The molecule has 0 saturated heterocycles. The first-order chi connectivity index (χ1) is 7.93. The van der Waals surface area contributed by atoms with Crippen molar-refractivity contribution in [3.05, 3.63) is 29.3 Å². The van der Waals surface area contributed by atoms with Gasteiger partial charge >= 0.3 is 0 Å². The Labute approximate surface area is 103 Å². The summed E-state index contributed by atoms with van der Waals surface area (Å²) in [6.07, 6.45) is 3.16. The molecule has 0 radical (unpaired) electrons. The Balaban J connectivity index is 2.54. The van der Waals surface area contributed by atoms with Crippen LogP contribution in [0, 0.1) is 12.3 Å². The molecular weight excluding hydrogens is 212 g/mol. The van der Waals surface area contributed by atoms with E-state index >= 15 is 0 Å². The summed E-state index contributed by atoms with van der Waals surface area (Å²) in [5.41, 5.74) is 1.90. The average Bonchev–Trinajstić information content (AvgIpc) is 2.60. The maximum atomic E-state index is 10.1. The Kier molecular flexibility index (Phi) is 2.94. The highest BCUT2D eigenvalue weighted by atomic mass is 16.3. The molecular formula is C15H22O2. The molecule has 1 aromatic carbocycles. The molecule has 0 unspecified atom stereocenters. The third-order valence-corrected chi connectivity index (χ3v) is 4.83. The van der Waals surface area contributed by atoms with E-state index < -0.39 is 0 Å². The summed E-state index contributed by atoms with van der Waals surface area (Å²) in [5.74, 6) is 0.361. The Morgan fingerprint density at radius 2 is 1.94 bits per heavy atom. The highest BCUT2D eigenvalue weighted by molar-refractivity contribution is 5.43. The minimum Gasteiger partial charge on any atom is -0.508 e. The SMILES string of the molecule is Cc1ccc(O)c([C@@]2(C)CCC[C@@]2(C)CO)c1. The summed E-state index contributed by atoms with van der Waals surface area (Å²) in [4.78, 5) is 0. The third-order valence-electron chi connectivity index (χ3n) is 4.83. The minimum atomic E-state index is -0.127. The molecule has 0 aliphatic heterocycles. The van der Waals surface area contributed by atoms with Crippen molar-refractivity contribution >= 4 is 0 Å². The zero-order valence-electron chi connectivity index (χ0n) is 11.0. The highest BCUT2D eigenvalue weighted by Gasteiger charge is 2.50. The molecule has 2 atom stereocenters. The van der Waals surface area contributed by atoms with Crippen LogP contribution in [-0.4, -0.2) is 16.8 Å². The monoisotopic (exact) mass is 234 g/mol. The summed E-state index contributed by atoms with van der Waals surface area (Å²) in [5, 5.41) is 19.8. The lowest BCUT2D eigenvalue weighted by Gasteiger charge is -2.41. The van der Waals surface area contributed by atoms with Crippen LogP contribution in [0.5, 0.6) is 5.75 Å². The Morgan fingerprint density at radius 1 is 1.24 bits per heavy atom. The van der Waals surface area contributed by atoms with Gasteiger partial charge in [-0.2, -0.15) is 0 Å². The average molecular weight is 234 g/mol. The molecule has 94 valence electrons. The van der Waals surface area contributed by atoms with Crippen molar-refractivity contribution in [2.45, 2.75) is 45.4 Å². The number of aliphatic hydroxyl groups is 1. The number of aliphatic hydroxyl groups excluding tert-OH is 1. The minimum absolute atomic E-state index is 0.127. The maximum absolute atomic E-state index is 10.1. The molecule has 0 heterocycles. The van der Waals surface area contributed by atoms with Crippen LogP contribution in [0.2, 0.25) is 0 Å². The van der Waals surface area contributed by atoms with Crippen molar-refractivity contribution in [1.29, 1.82) is 0 Å². The normalized spacial score (nSPS) is 32.9. The first-order valence-corrected chi connectivity index (χ1v) is 6.34. The first kappa shape index (κ1) is 12.4. The molecule has 1 saturated carbocycles. The highest BCUT2D eigenvalue weighted by Crippen LogP contribution is 2.55. The second kappa shape index (κ2) is 4.02. The zero-order valence-corrected chi connectivity index (χ0v) is 11.0. The van der Waals surface area contributed by atoms with Crippen molar-refractivity contribution in [2.24, 2.45) is 5.41 Å². The van der Waals surface area contributed by atoms with Crippen molar-refractivity contribution in [1.82, 2.24) is 0 Å². The molecule has 17 heavy (non-hydrogen) atoms. The predicted molar refractivity (Wildman–Crippen MR) is 69.2 cm³/mol. The molecule has 1 fully saturated rings. The molecule has 2 nitrogen and oxygen atoms in total. The number of phenols is 1. The van der Waals surface area contributed by atoms with E-state index in [1.165, 1.54) is 0 Å². The molecule has 0 aromatic heterocycles. The largest absolute Gasteiger partial charge is 0.508 e. The lowest BCUT2D eigenvalue weighted by atomic mass is 9.64. The number of aryl methyl sites for hydroxylation is 1. The van der Waals surface area contributed by atoms with Crippen LogP contribution in [-0.2, 0) is 5.41 Å². The van der Waals surface area contributed by atoms with E-state index in [4.69, 9.17) is 0 Å². The zero-order chi connectivity index (χ0) is 12.7. The van der Waals surface area contributed by atoms with Crippen LogP contribution in [0.15, 0.2) is 18.2 Å². The standard InChI is InChI=1S/C15H22O2/c1-11-5-6-13(17)12(9-11)15(3)8-4-7-14(15,2)10-16/h5-6,9,16-17H,4,7-8,10H2,1-3H3/t14-,15+/m0/s1. The van der Waals surface area contributed by atoms with Gasteiger partial charge in [-0.15, -0.1) is 0 Å². The van der Waals surface area contributed by atoms with Gasteiger partial charge in [0, 0.05) is 23.0 Å². The Hall–Kier alpha value is -1.02. The molecule has 1 aromatic rings. The summed E-state index contributed by atoms with van der Waals surface area (Å²) < 4.78 is 0. The first-order valence-electron chi connectivity index (χ1n) is 6.34. The van der Waals surface area contributed by atoms with Gasteiger partial charge in [-0.05, 0) is 25.8 Å². The molecule has 1 aliphatic carbocycles. The van der Waals surface area contributed by atoms with Gasteiger partial charge in [0.05, 0.1) is 0 Å². The fourth-order valence-corrected chi connectivity index (χ4v) is 3.21. The van der Waals surface area contributed by atoms with E-state index in [9.17, 15) is 10.2 Å². The van der Waals surface area contributed by atoms with Crippen LogP contribution >= 0.6 is 0 Å². The number of benzene rings is 1. The van der Waals surface area contributed by atoms with Gasteiger partial charge in [0.15, 0.2) is 0 Å². The van der Waals surface area contributed by atoms with Gasteiger partial charge in [-0.3, -0.25) is 0 Å². The van der Waals surface area contributed by atoms with Crippen LogP contribution in [0.3, 0.4) is 0 Å². The van der Waals surface area contributed by atoms with Crippen molar-refractivity contribution in [2.75, 3.05) is 6.61 Å². The Bertz CT molecular complexity index is 427. The van der Waals surface area contributed by atoms with Crippen molar-refractivity contribution in [3.63, 3.8) is 0 Å². The quantitative estimate of drug-likeness (QED) is 0.825. The van der Waals surface area contributed by atoms with E-state index in [2.05, 4.69) is 19.9 Å². The van der Waals surface area contributed by atoms with E-state index in [-0.39, 0.29) is 17.4 Å². The van der Waals surface area contributed by atoms with Crippen molar-refractivity contribution < 1.29 is 10.2 Å². The molecule has 0 bridgehead atoms. The molecule has 2 heteroatoms. The topological polar surface area (TPSA) is 40.5 Å². The summed E-state index contributed by atoms with van der Waals surface area (Å²) in [6.45, 7) is 6.51. The lowest BCUT2D eigenvalue weighted by Crippen LogP contribution is -2.39. The molecule has 2 rings (SSSR count). The number of phenolic OH excluding ortho intramolecular Hbond substituents is 1.